The minimum atomic E-state index is -0.845. The van der Waals surface area contributed by atoms with E-state index in [4.69, 9.17) is 16.3 Å². The Morgan fingerprint density at radius 3 is 2.78 bits per heavy atom. The molecule has 3 aliphatic heterocycles. The lowest BCUT2D eigenvalue weighted by Gasteiger charge is -2.39. The first-order valence-corrected chi connectivity index (χ1v) is 13.6. The number of aliphatic hydroxyl groups is 1. The van der Waals surface area contributed by atoms with Crippen LogP contribution in [-0.2, 0) is 19.1 Å². The molecule has 1 spiro atoms. The highest BCUT2D eigenvalue weighted by Crippen LogP contribution is 2.67. The van der Waals surface area contributed by atoms with Gasteiger partial charge in [-0.05, 0) is 44.7 Å². The molecule has 2 unspecified atom stereocenters. The lowest BCUT2D eigenvalue weighted by atomic mass is 9.71. The van der Waals surface area contributed by atoms with Gasteiger partial charge in [-0.25, -0.2) is 0 Å². The van der Waals surface area contributed by atoms with Crippen molar-refractivity contribution in [3.8, 4) is 0 Å². The molecule has 0 aromatic heterocycles. The summed E-state index contributed by atoms with van der Waals surface area (Å²) in [5, 5.41) is 10.4. The fourth-order valence-electron chi connectivity index (χ4n) is 5.95. The van der Waals surface area contributed by atoms with Crippen molar-refractivity contribution in [3.05, 3.63) is 54.6 Å². The van der Waals surface area contributed by atoms with Crippen molar-refractivity contribution in [1.82, 2.24) is 4.90 Å². The number of anilines is 1. The molecule has 4 rings (SSSR count). The lowest BCUT2D eigenvalue weighted by molar-refractivity contribution is -0.154. The highest BCUT2D eigenvalue weighted by atomic mass is 35.5. The summed E-state index contributed by atoms with van der Waals surface area (Å²) in [5.74, 6) is -2.22. The zero-order valence-electron chi connectivity index (χ0n) is 20.5. The second-order valence-electron chi connectivity index (χ2n) is 9.62. The number of ether oxygens (including phenoxy) is 1. The van der Waals surface area contributed by atoms with Gasteiger partial charge in [-0.2, -0.15) is 0 Å². The number of carbonyl (C=O) groups is 3. The molecule has 3 saturated heterocycles. The van der Waals surface area contributed by atoms with E-state index in [9.17, 15) is 19.5 Å². The average Bonchev–Trinajstić information content (AvgIpc) is 3.52. The molecule has 36 heavy (non-hydrogen) atoms. The van der Waals surface area contributed by atoms with Crippen LogP contribution in [0.3, 0.4) is 0 Å². The first-order chi connectivity index (χ1) is 17.3. The Morgan fingerprint density at radius 2 is 2.11 bits per heavy atom. The van der Waals surface area contributed by atoms with Gasteiger partial charge in [0.1, 0.15) is 6.04 Å². The molecule has 1 aromatic rings. The van der Waals surface area contributed by atoms with E-state index >= 15 is 0 Å². The third-order valence-electron chi connectivity index (χ3n) is 7.50. The van der Waals surface area contributed by atoms with Gasteiger partial charge in [0.05, 0.1) is 46.5 Å². The van der Waals surface area contributed by atoms with Crippen LogP contribution in [0.5, 0.6) is 0 Å². The summed E-state index contributed by atoms with van der Waals surface area (Å²) in [6.45, 7) is 9.40. The van der Waals surface area contributed by atoms with E-state index in [1.165, 1.54) is 4.90 Å². The van der Waals surface area contributed by atoms with Crippen molar-refractivity contribution in [3.63, 3.8) is 0 Å². The number of allylic oxidation sites excluding steroid dienone is 1. The minimum absolute atomic E-state index is 0.0825. The van der Waals surface area contributed by atoms with Crippen molar-refractivity contribution in [2.75, 3.05) is 24.7 Å². The van der Waals surface area contributed by atoms with E-state index in [0.717, 1.165) is 12.8 Å². The molecule has 1 N–H and O–H groups in total. The number of esters is 1. The summed E-state index contributed by atoms with van der Waals surface area (Å²) >= 11 is 8.03. The van der Waals surface area contributed by atoms with Crippen molar-refractivity contribution in [1.29, 1.82) is 0 Å². The number of unbranched alkanes of at least 4 members (excludes halogenated alkanes) is 1. The van der Waals surface area contributed by atoms with Crippen molar-refractivity contribution in [2.24, 2.45) is 11.8 Å². The van der Waals surface area contributed by atoms with Crippen LogP contribution in [0.2, 0.25) is 5.02 Å². The molecule has 0 aliphatic carbocycles. The molecule has 0 saturated carbocycles. The SMILES string of the molecule is C=CCCCOC(=O)[C@@H]1[C@@H]2CCC3(S2)C(C(=O)N(CC=C)c2ccccc2Cl)N([C@H](C)CO)C(=O)[C@H]13. The molecule has 194 valence electrons. The molecule has 3 heterocycles. The van der Waals surface area contributed by atoms with E-state index in [-0.39, 0.29) is 42.8 Å². The summed E-state index contributed by atoms with van der Waals surface area (Å²) in [6.07, 6.45) is 6.16. The van der Waals surface area contributed by atoms with Gasteiger partial charge in [0.25, 0.3) is 5.91 Å². The molecular formula is C27H33ClN2O5S. The predicted molar refractivity (Wildman–Crippen MR) is 142 cm³/mol. The molecule has 3 fully saturated rings. The number of para-hydroxylation sites is 1. The number of likely N-dealkylation sites (tertiary alicyclic amines) is 1. The number of nitrogens with zero attached hydrogens (tertiary/aromatic N) is 2. The number of hydrogen-bond acceptors (Lipinski definition) is 6. The van der Waals surface area contributed by atoms with Crippen molar-refractivity contribution >= 4 is 46.8 Å². The Hall–Kier alpha value is -2.29. The highest BCUT2D eigenvalue weighted by molar-refractivity contribution is 8.02. The third-order valence-corrected chi connectivity index (χ3v) is 9.77. The Kier molecular flexibility index (Phi) is 8.17. The number of thioether (sulfide) groups is 1. The molecule has 6 atom stereocenters. The zero-order chi connectivity index (χ0) is 26.0. The maximum atomic E-state index is 14.3. The summed E-state index contributed by atoms with van der Waals surface area (Å²) < 4.78 is 4.81. The maximum absolute atomic E-state index is 14.3. The van der Waals surface area contributed by atoms with E-state index in [1.807, 2.05) is 0 Å². The standard InChI is InChI=1S/C27H33ClN2O5S/c1-4-6-9-15-35-26(34)21-20-12-13-27(36-20)22(21)24(32)30(17(3)16-31)23(27)25(33)29(14-5-2)19-11-8-7-10-18(19)28/h4-5,7-8,10-11,17,20-23,31H,1-2,6,9,12-16H2,3H3/t17-,20+,21-,22+,23?,27?/m1/s1. The monoisotopic (exact) mass is 532 g/mol. The normalized spacial score (nSPS) is 29.1. The zero-order valence-corrected chi connectivity index (χ0v) is 22.0. The molecule has 3 aliphatic rings. The van der Waals surface area contributed by atoms with Crippen LogP contribution in [0, 0.1) is 11.8 Å². The van der Waals surface area contributed by atoms with Crippen LogP contribution >= 0.6 is 23.4 Å². The number of halogens is 1. The molecule has 1 aromatic carbocycles. The Bertz CT molecular complexity index is 1050. The van der Waals surface area contributed by atoms with E-state index in [2.05, 4.69) is 13.2 Å². The second kappa shape index (κ2) is 11.0. The largest absolute Gasteiger partial charge is 0.465 e. The third kappa shape index (κ3) is 4.37. The summed E-state index contributed by atoms with van der Waals surface area (Å²) in [7, 11) is 0. The average molecular weight is 533 g/mol. The summed E-state index contributed by atoms with van der Waals surface area (Å²) in [5.41, 5.74) is 0.531. The van der Waals surface area contributed by atoms with Gasteiger partial charge in [-0.3, -0.25) is 14.4 Å². The molecule has 2 amide bonds. The fourth-order valence-corrected chi connectivity index (χ4v) is 8.38. The number of carbonyl (C=O) groups excluding carboxylic acids is 3. The van der Waals surface area contributed by atoms with Gasteiger partial charge in [0, 0.05) is 11.8 Å². The predicted octanol–water partition coefficient (Wildman–Crippen LogP) is 3.84. The molecule has 9 heteroatoms. The lowest BCUT2D eigenvalue weighted by Crippen LogP contribution is -2.57. The van der Waals surface area contributed by atoms with E-state index < -0.39 is 28.7 Å². The van der Waals surface area contributed by atoms with Crippen LogP contribution in [0.25, 0.3) is 0 Å². The van der Waals surface area contributed by atoms with Gasteiger partial charge in [-0.1, -0.05) is 35.9 Å². The van der Waals surface area contributed by atoms with Crippen molar-refractivity contribution < 1.29 is 24.2 Å². The first kappa shape index (κ1) is 26.8. The van der Waals surface area contributed by atoms with Crippen molar-refractivity contribution in [2.45, 2.75) is 54.7 Å². The number of benzene rings is 1. The number of amides is 2. The Morgan fingerprint density at radius 1 is 1.36 bits per heavy atom. The number of rotatable bonds is 11. The molecule has 0 radical (unpaired) electrons. The van der Waals surface area contributed by atoms with Crippen LogP contribution in [0.1, 0.15) is 32.6 Å². The topological polar surface area (TPSA) is 87.2 Å². The van der Waals surface area contributed by atoms with Gasteiger partial charge in [0.15, 0.2) is 0 Å². The maximum Gasteiger partial charge on any atom is 0.310 e. The van der Waals surface area contributed by atoms with Gasteiger partial charge < -0.3 is 19.6 Å². The number of hydrogen-bond donors (Lipinski definition) is 1. The Labute approximate surface area is 221 Å². The minimum Gasteiger partial charge on any atom is -0.465 e. The summed E-state index contributed by atoms with van der Waals surface area (Å²) in [4.78, 5) is 44.5. The molecular weight excluding hydrogens is 500 g/mol. The van der Waals surface area contributed by atoms with Gasteiger partial charge in [0.2, 0.25) is 5.91 Å². The quantitative estimate of drug-likeness (QED) is 0.265. The number of fused-ring (bicyclic) bond motifs is 1. The van der Waals surface area contributed by atoms with Gasteiger partial charge in [-0.15, -0.1) is 24.9 Å². The van der Waals surface area contributed by atoms with Crippen LogP contribution in [0.15, 0.2) is 49.6 Å². The number of aliphatic hydroxyl groups excluding tert-OH is 1. The van der Waals surface area contributed by atoms with Crippen LogP contribution in [0.4, 0.5) is 5.69 Å². The Balaban J connectivity index is 1.72. The molecule has 2 bridgehead atoms. The van der Waals surface area contributed by atoms with E-state index in [1.54, 1.807) is 60.0 Å². The molecule has 7 nitrogen and oxygen atoms in total. The van der Waals surface area contributed by atoms with Crippen LogP contribution < -0.4 is 4.90 Å². The van der Waals surface area contributed by atoms with Gasteiger partial charge >= 0.3 is 5.97 Å². The highest BCUT2D eigenvalue weighted by Gasteiger charge is 2.74. The second-order valence-corrected chi connectivity index (χ2v) is 11.6. The smallest absolute Gasteiger partial charge is 0.310 e. The fraction of sp³-hybridized carbons (Fsp3) is 0.519. The van der Waals surface area contributed by atoms with E-state index in [0.29, 0.717) is 23.6 Å². The first-order valence-electron chi connectivity index (χ1n) is 12.4. The summed E-state index contributed by atoms with van der Waals surface area (Å²) in [6, 6.07) is 5.63. The van der Waals surface area contributed by atoms with Crippen LogP contribution in [-0.4, -0.2) is 69.6 Å².